The molecular formula is C14H16F3N3O2S. The van der Waals surface area contributed by atoms with Gasteiger partial charge < -0.3 is 15.1 Å². The third-order valence-electron chi connectivity index (χ3n) is 3.24. The molecule has 0 spiro atoms. The second-order valence-corrected chi connectivity index (χ2v) is 6.20. The van der Waals surface area contributed by atoms with Crippen LogP contribution in [0.4, 0.5) is 24.5 Å². The summed E-state index contributed by atoms with van der Waals surface area (Å²) in [5.74, 6) is 0.0557. The van der Waals surface area contributed by atoms with Crippen molar-refractivity contribution in [2.24, 2.45) is 0 Å². The number of carbonyl (C=O) groups excluding carboxylic acids is 2. The number of alkyl halides is 3. The molecule has 126 valence electrons. The molecule has 1 heterocycles. The molecule has 0 aliphatic carbocycles. The van der Waals surface area contributed by atoms with Crippen molar-refractivity contribution in [2.75, 3.05) is 42.5 Å². The number of hydrogen-bond acceptors (Lipinski definition) is 4. The zero-order valence-electron chi connectivity index (χ0n) is 12.6. The van der Waals surface area contributed by atoms with Crippen molar-refractivity contribution in [3.63, 3.8) is 0 Å². The maximum absolute atomic E-state index is 12.8. The van der Waals surface area contributed by atoms with Gasteiger partial charge >= 0.3 is 6.18 Å². The summed E-state index contributed by atoms with van der Waals surface area (Å²) in [7, 11) is 3.33. The van der Waals surface area contributed by atoms with Crippen LogP contribution in [0.1, 0.15) is 5.56 Å². The molecule has 2 rings (SSSR count). The number of benzene rings is 1. The van der Waals surface area contributed by atoms with Gasteiger partial charge in [-0.25, -0.2) is 0 Å². The molecule has 1 aromatic carbocycles. The molecule has 1 aliphatic heterocycles. The molecule has 0 aromatic heterocycles. The number of anilines is 2. The van der Waals surface area contributed by atoms with Gasteiger partial charge in [0.05, 0.1) is 28.6 Å². The summed E-state index contributed by atoms with van der Waals surface area (Å²) in [5.41, 5.74) is -0.325. The summed E-state index contributed by atoms with van der Waals surface area (Å²) in [4.78, 5) is 26.5. The van der Waals surface area contributed by atoms with Gasteiger partial charge in [-0.3, -0.25) is 9.59 Å². The van der Waals surface area contributed by atoms with Gasteiger partial charge in [-0.05, 0) is 18.2 Å². The fraction of sp³-hybridized carbons (Fsp3) is 0.429. The van der Waals surface area contributed by atoms with Crippen molar-refractivity contribution in [1.29, 1.82) is 0 Å². The van der Waals surface area contributed by atoms with E-state index >= 15 is 0 Å². The summed E-state index contributed by atoms with van der Waals surface area (Å²) in [6.07, 6.45) is -4.49. The van der Waals surface area contributed by atoms with Gasteiger partial charge in [0.15, 0.2) is 0 Å². The highest BCUT2D eigenvalue weighted by molar-refractivity contribution is 8.00. The number of carbonyl (C=O) groups is 2. The van der Waals surface area contributed by atoms with E-state index in [9.17, 15) is 22.8 Å². The second-order valence-electron chi connectivity index (χ2n) is 5.24. The van der Waals surface area contributed by atoms with Crippen LogP contribution in [0.25, 0.3) is 0 Å². The zero-order chi connectivity index (χ0) is 17.2. The number of thioether (sulfide) groups is 1. The molecule has 0 atom stereocenters. The largest absolute Gasteiger partial charge is 0.416 e. The van der Waals surface area contributed by atoms with Gasteiger partial charge in [0, 0.05) is 14.1 Å². The molecule has 1 aromatic rings. The minimum atomic E-state index is -4.49. The monoisotopic (exact) mass is 347 g/mol. The van der Waals surface area contributed by atoms with Crippen LogP contribution in [0.3, 0.4) is 0 Å². The molecule has 0 unspecified atom stereocenters. The molecule has 23 heavy (non-hydrogen) atoms. The van der Waals surface area contributed by atoms with E-state index in [1.165, 1.54) is 22.7 Å². The first-order chi connectivity index (χ1) is 10.7. The fourth-order valence-corrected chi connectivity index (χ4v) is 3.01. The Kier molecular flexibility index (Phi) is 5.08. The van der Waals surface area contributed by atoms with E-state index in [1.807, 2.05) is 0 Å². The van der Waals surface area contributed by atoms with Gasteiger partial charge in [-0.1, -0.05) is 0 Å². The number of halogens is 3. The van der Waals surface area contributed by atoms with E-state index in [0.717, 1.165) is 12.1 Å². The summed E-state index contributed by atoms with van der Waals surface area (Å²) >= 11 is 1.39. The summed E-state index contributed by atoms with van der Waals surface area (Å²) in [6, 6.07) is 3.16. The third kappa shape index (κ3) is 4.31. The molecule has 1 fully saturated rings. The molecule has 1 aliphatic rings. The minimum absolute atomic E-state index is 0.0640. The fourth-order valence-electron chi connectivity index (χ4n) is 2.11. The Balaban J connectivity index is 2.19. The van der Waals surface area contributed by atoms with E-state index in [1.54, 1.807) is 19.0 Å². The Morgan fingerprint density at radius 3 is 2.61 bits per heavy atom. The molecule has 9 heteroatoms. The lowest BCUT2D eigenvalue weighted by molar-refractivity contribution is -0.137. The highest BCUT2D eigenvalue weighted by Gasteiger charge is 2.31. The Bertz CT molecular complexity index is 620. The molecule has 0 radical (unpaired) electrons. The Hall–Kier alpha value is -1.90. The highest BCUT2D eigenvalue weighted by Crippen LogP contribution is 2.34. The smallest absolute Gasteiger partial charge is 0.376 e. The van der Waals surface area contributed by atoms with Gasteiger partial charge in [0.2, 0.25) is 11.8 Å². The molecule has 2 amide bonds. The van der Waals surface area contributed by atoms with Crippen LogP contribution in [0, 0.1) is 0 Å². The maximum Gasteiger partial charge on any atom is 0.416 e. The summed E-state index contributed by atoms with van der Waals surface area (Å²) in [5, 5.41) is 2.47. The van der Waals surface area contributed by atoms with Crippen LogP contribution < -0.4 is 10.2 Å². The van der Waals surface area contributed by atoms with E-state index in [2.05, 4.69) is 5.32 Å². The van der Waals surface area contributed by atoms with E-state index in [4.69, 9.17) is 0 Å². The number of amides is 2. The predicted octanol–water partition coefficient (Wildman–Crippen LogP) is 2.24. The molecule has 1 N–H and O–H groups in total. The van der Waals surface area contributed by atoms with E-state index in [0.29, 0.717) is 17.3 Å². The van der Waals surface area contributed by atoms with Crippen molar-refractivity contribution < 1.29 is 22.8 Å². The lowest BCUT2D eigenvalue weighted by atomic mass is 10.1. The first kappa shape index (κ1) is 17.5. The molecular weight excluding hydrogens is 331 g/mol. The maximum atomic E-state index is 12.8. The highest BCUT2D eigenvalue weighted by atomic mass is 32.2. The number of hydrogen-bond donors (Lipinski definition) is 1. The average Bonchev–Trinajstić information content (AvgIpc) is 2.82. The van der Waals surface area contributed by atoms with Crippen LogP contribution in [-0.4, -0.2) is 49.0 Å². The second kappa shape index (κ2) is 6.69. The summed E-state index contributed by atoms with van der Waals surface area (Å²) < 4.78 is 38.5. The molecule has 1 saturated heterocycles. The van der Waals surface area contributed by atoms with E-state index < -0.39 is 17.6 Å². The summed E-state index contributed by atoms with van der Waals surface area (Å²) in [6.45, 7) is -0.172. The van der Waals surface area contributed by atoms with Gasteiger partial charge in [-0.15, -0.1) is 11.8 Å². The molecule has 5 nitrogen and oxygen atoms in total. The van der Waals surface area contributed by atoms with Crippen molar-refractivity contribution >= 4 is 35.0 Å². The number of nitrogens with one attached hydrogen (secondary N) is 1. The van der Waals surface area contributed by atoms with Gasteiger partial charge in [0.25, 0.3) is 0 Å². The SMILES string of the molecule is CN(C)c1ccc(C(F)(F)F)cc1NC(=O)CN1CSCC1=O. The van der Waals surface area contributed by atoms with Crippen LogP contribution in [-0.2, 0) is 15.8 Å². The Morgan fingerprint density at radius 1 is 1.39 bits per heavy atom. The molecule has 0 saturated carbocycles. The lowest BCUT2D eigenvalue weighted by Gasteiger charge is -2.21. The van der Waals surface area contributed by atoms with Gasteiger partial charge in [-0.2, -0.15) is 13.2 Å². The topological polar surface area (TPSA) is 52.7 Å². The lowest BCUT2D eigenvalue weighted by Crippen LogP contribution is -2.34. The van der Waals surface area contributed by atoms with Crippen LogP contribution in [0.15, 0.2) is 18.2 Å². The first-order valence-corrected chi connectivity index (χ1v) is 7.88. The van der Waals surface area contributed by atoms with Crippen LogP contribution >= 0.6 is 11.8 Å². The molecule has 0 bridgehead atoms. The number of rotatable bonds is 4. The third-order valence-corrected chi connectivity index (χ3v) is 4.18. The standard InChI is InChI=1S/C14H16F3N3O2S/c1-19(2)11-4-3-9(14(15,16)17)5-10(11)18-12(21)6-20-8-23-7-13(20)22/h3-5H,6-8H2,1-2H3,(H,18,21). The average molecular weight is 347 g/mol. The van der Waals surface area contributed by atoms with Crippen molar-refractivity contribution in [3.8, 4) is 0 Å². The van der Waals surface area contributed by atoms with Crippen molar-refractivity contribution in [3.05, 3.63) is 23.8 Å². The number of nitrogens with zero attached hydrogens (tertiary/aromatic N) is 2. The van der Waals surface area contributed by atoms with Crippen molar-refractivity contribution in [2.45, 2.75) is 6.18 Å². The normalized spacial score (nSPS) is 15.0. The quantitative estimate of drug-likeness (QED) is 0.908. The Morgan fingerprint density at radius 2 is 2.09 bits per heavy atom. The van der Waals surface area contributed by atoms with Crippen LogP contribution in [0.2, 0.25) is 0 Å². The first-order valence-electron chi connectivity index (χ1n) is 6.72. The zero-order valence-corrected chi connectivity index (χ0v) is 13.4. The van der Waals surface area contributed by atoms with Gasteiger partial charge in [0.1, 0.15) is 6.54 Å². The van der Waals surface area contributed by atoms with Crippen LogP contribution in [0.5, 0.6) is 0 Å². The van der Waals surface area contributed by atoms with Crippen molar-refractivity contribution in [1.82, 2.24) is 4.90 Å². The predicted molar refractivity (Wildman–Crippen MR) is 83.4 cm³/mol. The van der Waals surface area contributed by atoms with E-state index in [-0.39, 0.29) is 18.1 Å². The Labute approximate surface area is 135 Å². The minimum Gasteiger partial charge on any atom is -0.376 e.